The van der Waals surface area contributed by atoms with Crippen molar-refractivity contribution in [2.75, 3.05) is 5.32 Å². The van der Waals surface area contributed by atoms with Crippen molar-refractivity contribution in [2.45, 2.75) is 9.92 Å². The van der Waals surface area contributed by atoms with Crippen LogP contribution in [0, 0.1) is 10.1 Å². The Morgan fingerprint density at radius 3 is 2.26 bits per heavy atom. The largest absolute Gasteiger partial charge is 0.343 e. The number of hydrogen-bond acceptors (Lipinski definition) is 8. The summed E-state index contributed by atoms with van der Waals surface area (Å²) in [6.45, 7) is 0. The topological polar surface area (TPSA) is 107 Å². The molecule has 1 N–H and O–H groups in total. The number of benzene rings is 2. The molecule has 0 aliphatic carbocycles. The van der Waals surface area contributed by atoms with Crippen LogP contribution >= 0.6 is 11.8 Å². The first kappa shape index (κ1) is 18.9. The minimum Gasteiger partial charge on any atom is -0.333 e. The maximum Gasteiger partial charge on any atom is 0.343 e. The van der Waals surface area contributed by atoms with Gasteiger partial charge in [0, 0.05) is 28.1 Å². The van der Waals surface area contributed by atoms with Gasteiger partial charge in [0.05, 0.1) is 21.6 Å². The van der Waals surface area contributed by atoms with E-state index in [9.17, 15) is 10.1 Å². The Bertz CT molecular complexity index is 1330. The van der Waals surface area contributed by atoms with Gasteiger partial charge in [-0.25, -0.2) is 9.97 Å². The van der Waals surface area contributed by atoms with Crippen LogP contribution in [0.15, 0.2) is 89.3 Å². The lowest BCUT2D eigenvalue weighted by atomic mass is 10.2. The molecule has 9 heteroatoms. The Balaban J connectivity index is 1.59. The van der Waals surface area contributed by atoms with Gasteiger partial charge < -0.3 is 5.32 Å². The van der Waals surface area contributed by atoms with Crippen LogP contribution in [0.5, 0.6) is 0 Å². The van der Waals surface area contributed by atoms with Gasteiger partial charge in [-0.05, 0) is 24.3 Å². The maximum atomic E-state index is 12.0. The number of rotatable bonds is 5. The molecule has 0 aliphatic heterocycles. The molecule has 0 unspecified atom stereocenters. The van der Waals surface area contributed by atoms with Crippen molar-refractivity contribution in [3.8, 4) is 0 Å². The predicted molar refractivity (Wildman–Crippen MR) is 120 cm³/mol. The van der Waals surface area contributed by atoms with Crippen LogP contribution < -0.4 is 5.32 Å². The highest BCUT2D eigenvalue weighted by Gasteiger charge is 2.25. The minimum absolute atomic E-state index is 0.105. The van der Waals surface area contributed by atoms with Crippen LogP contribution in [-0.2, 0) is 0 Å². The first-order valence-electron chi connectivity index (χ1n) is 9.32. The normalized spacial score (nSPS) is 11.0. The van der Waals surface area contributed by atoms with Crippen molar-refractivity contribution in [2.24, 2.45) is 0 Å². The van der Waals surface area contributed by atoms with Crippen LogP contribution in [0.25, 0.3) is 21.8 Å². The van der Waals surface area contributed by atoms with E-state index >= 15 is 0 Å². The summed E-state index contributed by atoms with van der Waals surface area (Å²) in [6, 6.07) is 18.9. The predicted octanol–water partition coefficient (Wildman–Crippen LogP) is 5.38. The number of para-hydroxylation sites is 2. The van der Waals surface area contributed by atoms with Crippen LogP contribution in [0.4, 0.5) is 17.2 Å². The molecular formula is C22H14N6O2S. The Morgan fingerprint density at radius 2 is 1.48 bits per heavy atom. The summed E-state index contributed by atoms with van der Waals surface area (Å²) in [5.74, 6) is 0.105. The number of anilines is 2. The van der Waals surface area contributed by atoms with Crippen molar-refractivity contribution in [3.63, 3.8) is 0 Å². The molecule has 0 amide bonds. The fourth-order valence-corrected chi connectivity index (χ4v) is 4.28. The molecule has 3 aromatic heterocycles. The number of fused-ring (bicyclic) bond motifs is 2. The second-order valence-electron chi connectivity index (χ2n) is 6.57. The van der Waals surface area contributed by atoms with E-state index in [0.717, 1.165) is 21.2 Å². The fourth-order valence-electron chi connectivity index (χ4n) is 3.29. The molecule has 2 aromatic carbocycles. The molecule has 0 radical (unpaired) electrons. The lowest BCUT2D eigenvalue weighted by Gasteiger charge is -2.10. The zero-order chi connectivity index (χ0) is 21.2. The molecule has 0 bridgehead atoms. The number of hydrogen-bond donors (Lipinski definition) is 1. The van der Waals surface area contributed by atoms with Gasteiger partial charge in [-0.15, -0.1) is 0 Å². The van der Waals surface area contributed by atoms with Gasteiger partial charge in [0.2, 0.25) is 5.82 Å². The molecule has 0 spiro atoms. The molecule has 5 rings (SSSR count). The Hall–Kier alpha value is -4.11. The van der Waals surface area contributed by atoms with E-state index in [1.165, 1.54) is 18.1 Å². The van der Waals surface area contributed by atoms with Crippen molar-refractivity contribution < 1.29 is 4.92 Å². The zero-order valence-electron chi connectivity index (χ0n) is 16.0. The van der Waals surface area contributed by atoms with Gasteiger partial charge in [-0.2, -0.15) is 0 Å². The molecule has 150 valence electrons. The van der Waals surface area contributed by atoms with Crippen molar-refractivity contribution >= 4 is 50.8 Å². The lowest BCUT2D eigenvalue weighted by Crippen LogP contribution is -2.03. The first-order valence-corrected chi connectivity index (χ1v) is 10.1. The molecule has 5 aromatic rings. The zero-order valence-corrected chi connectivity index (χ0v) is 16.8. The van der Waals surface area contributed by atoms with E-state index in [-0.39, 0.29) is 16.5 Å². The van der Waals surface area contributed by atoms with Crippen LogP contribution in [0.3, 0.4) is 0 Å². The number of pyridine rings is 2. The summed E-state index contributed by atoms with van der Waals surface area (Å²) < 4.78 is 0. The summed E-state index contributed by atoms with van der Waals surface area (Å²) in [5.41, 5.74) is 1.89. The number of nitrogens with zero attached hydrogens (tertiary/aromatic N) is 5. The van der Waals surface area contributed by atoms with Crippen molar-refractivity contribution in [1.82, 2.24) is 19.9 Å². The summed E-state index contributed by atoms with van der Waals surface area (Å²) in [4.78, 5) is 29.4. The monoisotopic (exact) mass is 426 g/mol. The smallest absolute Gasteiger partial charge is 0.333 e. The molecule has 8 nitrogen and oxygen atoms in total. The molecule has 3 heterocycles. The average Bonchev–Trinajstić information content (AvgIpc) is 2.79. The number of aromatic nitrogens is 4. The third kappa shape index (κ3) is 3.62. The number of nitrogens with one attached hydrogen (secondary N) is 1. The third-order valence-electron chi connectivity index (χ3n) is 4.66. The Morgan fingerprint density at radius 1 is 0.806 bits per heavy atom. The van der Waals surface area contributed by atoms with E-state index in [0.29, 0.717) is 11.2 Å². The molecular weight excluding hydrogens is 412 g/mol. The molecule has 31 heavy (non-hydrogen) atoms. The van der Waals surface area contributed by atoms with Crippen LogP contribution in [0.1, 0.15) is 0 Å². The van der Waals surface area contributed by atoms with Crippen molar-refractivity contribution in [3.05, 3.63) is 89.5 Å². The highest BCUT2D eigenvalue weighted by molar-refractivity contribution is 7.99. The van der Waals surface area contributed by atoms with E-state index in [4.69, 9.17) is 0 Å². The lowest BCUT2D eigenvalue weighted by molar-refractivity contribution is -0.387. The van der Waals surface area contributed by atoms with Gasteiger partial charge in [-0.1, -0.05) is 48.2 Å². The Labute approximate surface area is 180 Å². The van der Waals surface area contributed by atoms with Gasteiger partial charge >= 0.3 is 5.69 Å². The summed E-state index contributed by atoms with van der Waals surface area (Å²) >= 11 is 1.19. The van der Waals surface area contributed by atoms with Crippen LogP contribution in [0.2, 0.25) is 0 Å². The van der Waals surface area contributed by atoms with Gasteiger partial charge in [0.1, 0.15) is 6.33 Å². The summed E-state index contributed by atoms with van der Waals surface area (Å²) in [5, 5.41) is 17.2. The third-order valence-corrected chi connectivity index (χ3v) is 5.70. The van der Waals surface area contributed by atoms with Gasteiger partial charge in [0.25, 0.3) is 0 Å². The van der Waals surface area contributed by atoms with Crippen LogP contribution in [-0.4, -0.2) is 24.9 Å². The fraction of sp³-hybridized carbons (Fsp3) is 0. The average molecular weight is 426 g/mol. The Kier molecular flexibility index (Phi) is 4.85. The maximum absolute atomic E-state index is 12.0. The second-order valence-corrected chi connectivity index (χ2v) is 7.60. The molecule has 0 saturated heterocycles. The highest BCUT2D eigenvalue weighted by Crippen LogP contribution is 2.39. The van der Waals surface area contributed by atoms with E-state index in [2.05, 4.69) is 25.3 Å². The highest BCUT2D eigenvalue weighted by atomic mass is 32.2. The first-order chi connectivity index (χ1) is 15.2. The number of nitro groups is 1. The van der Waals surface area contributed by atoms with E-state index in [1.54, 1.807) is 12.4 Å². The summed E-state index contributed by atoms with van der Waals surface area (Å²) in [6.07, 6.45) is 4.69. The molecule has 0 fully saturated rings. The van der Waals surface area contributed by atoms with E-state index in [1.807, 2.05) is 60.7 Å². The minimum atomic E-state index is -0.470. The van der Waals surface area contributed by atoms with E-state index < -0.39 is 4.92 Å². The standard InChI is InChI=1S/C22H14N6O2S/c29-28(30)20-21(27-16-9-1-5-14-7-3-11-23-18(14)16)25-13-26-22(20)31-17-10-2-6-15-8-4-12-24-19(15)17/h1-13H,(H,25,26,27). The summed E-state index contributed by atoms with van der Waals surface area (Å²) in [7, 11) is 0. The second kappa shape index (κ2) is 7.96. The molecule has 0 aliphatic rings. The van der Waals surface area contributed by atoms with Gasteiger partial charge in [-0.3, -0.25) is 20.1 Å². The molecule has 0 atom stereocenters. The SMILES string of the molecule is O=[N+]([O-])c1c(Nc2cccc3cccnc23)ncnc1Sc1cccc2cccnc12. The van der Waals surface area contributed by atoms with Gasteiger partial charge in [0.15, 0.2) is 5.03 Å². The quantitative estimate of drug-likeness (QED) is 0.227. The van der Waals surface area contributed by atoms with Crippen molar-refractivity contribution in [1.29, 1.82) is 0 Å². The molecule has 0 saturated carbocycles.